The third kappa shape index (κ3) is 6.20. The summed E-state index contributed by atoms with van der Waals surface area (Å²) in [6.45, 7) is 6.47. The Morgan fingerprint density at radius 2 is 2.06 bits per heavy atom. The highest BCUT2D eigenvalue weighted by atomic mass is 16.5. The minimum absolute atomic E-state index is 0.0184. The molecule has 0 radical (unpaired) electrons. The highest BCUT2D eigenvalue weighted by molar-refractivity contribution is 5.81. The number of rotatable bonds is 8. The second kappa shape index (κ2) is 9.15. The number of ether oxygens (including phenoxy) is 2. The van der Waals surface area contributed by atoms with Crippen molar-refractivity contribution in [3.63, 3.8) is 0 Å². The van der Waals surface area contributed by atoms with E-state index < -0.39 is 0 Å². The first kappa shape index (κ1) is 15.2. The van der Waals surface area contributed by atoms with E-state index in [0.29, 0.717) is 0 Å². The van der Waals surface area contributed by atoms with Crippen molar-refractivity contribution in [2.24, 2.45) is 0 Å². The molecule has 0 aromatic heterocycles. The molecule has 0 aromatic carbocycles. The molecular weight excluding hydrogens is 228 g/mol. The standard InChI is InChI=1S/C15H26O3/c1-3-5-6-7-11-17-13-9-8-10-14(12-13)18-15(16)4-2/h4,13-14H,2-3,5-12H2,1H3. The van der Waals surface area contributed by atoms with Gasteiger partial charge in [0.05, 0.1) is 6.10 Å². The van der Waals surface area contributed by atoms with E-state index in [1.807, 2.05) is 0 Å². The van der Waals surface area contributed by atoms with E-state index >= 15 is 0 Å². The van der Waals surface area contributed by atoms with Crippen molar-refractivity contribution in [2.75, 3.05) is 6.61 Å². The maximum atomic E-state index is 11.1. The summed E-state index contributed by atoms with van der Waals surface area (Å²) in [4.78, 5) is 11.1. The number of hydrogen-bond acceptors (Lipinski definition) is 3. The van der Waals surface area contributed by atoms with Crippen molar-refractivity contribution in [1.82, 2.24) is 0 Å². The molecule has 1 saturated carbocycles. The number of hydrogen-bond donors (Lipinski definition) is 0. The van der Waals surface area contributed by atoms with Gasteiger partial charge in [-0.2, -0.15) is 0 Å². The fourth-order valence-corrected chi connectivity index (χ4v) is 2.35. The average Bonchev–Trinajstić information content (AvgIpc) is 2.39. The zero-order chi connectivity index (χ0) is 13.2. The van der Waals surface area contributed by atoms with Crippen LogP contribution in [0.25, 0.3) is 0 Å². The summed E-state index contributed by atoms with van der Waals surface area (Å²) >= 11 is 0. The van der Waals surface area contributed by atoms with Gasteiger partial charge in [0, 0.05) is 19.1 Å². The van der Waals surface area contributed by atoms with Crippen LogP contribution < -0.4 is 0 Å². The normalized spacial score (nSPS) is 23.6. The maximum Gasteiger partial charge on any atom is 0.330 e. The fraction of sp³-hybridized carbons (Fsp3) is 0.800. The van der Waals surface area contributed by atoms with Gasteiger partial charge in [0.2, 0.25) is 0 Å². The Kier molecular flexibility index (Phi) is 7.74. The summed E-state index contributed by atoms with van der Waals surface area (Å²) in [5, 5.41) is 0. The van der Waals surface area contributed by atoms with Gasteiger partial charge < -0.3 is 9.47 Å². The molecule has 0 aliphatic heterocycles. The molecular formula is C15H26O3. The van der Waals surface area contributed by atoms with E-state index in [1.165, 1.54) is 25.3 Å². The Morgan fingerprint density at radius 3 is 2.78 bits per heavy atom. The van der Waals surface area contributed by atoms with Crippen LogP contribution in [0.1, 0.15) is 58.3 Å². The lowest BCUT2D eigenvalue weighted by Crippen LogP contribution is -2.29. The Bertz CT molecular complexity index is 250. The lowest BCUT2D eigenvalue weighted by molar-refractivity contribution is -0.147. The third-order valence-corrected chi connectivity index (χ3v) is 3.38. The van der Waals surface area contributed by atoms with Crippen molar-refractivity contribution in [1.29, 1.82) is 0 Å². The second-order valence-corrected chi connectivity index (χ2v) is 4.98. The Hall–Kier alpha value is -0.830. The Balaban J connectivity index is 2.14. The fourth-order valence-electron chi connectivity index (χ4n) is 2.35. The van der Waals surface area contributed by atoms with Crippen LogP contribution in [-0.2, 0) is 14.3 Å². The molecule has 0 saturated heterocycles. The van der Waals surface area contributed by atoms with E-state index in [4.69, 9.17) is 9.47 Å². The number of carbonyl (C=O) groups is 1. The molecule has 0 aromatic rings. The molecule has 18 heavy (non-hydrogen) atoms. The molecule has 3 heteroatoms. The van der Waals surface area contributed by atoms with Crippen LogP contribution in [0.2, 0.25) is 0 Å². The summed E-state index contributed by atoms with van der Waals surface area (Å²) in [5.41, 5.74) is 0. The first-order valence-corrected chi connectivity index (χ1v) is 7.21. The predicted octanol–water partition coefficient (Wildman–Crippen LogP) is 3.62. The van der Waals surface area contributed by atoms with Crippen LogP contribution in [0, 0.1) is 0 Å². The summed E-state index contributed by atoms with van der Waals surface area (Å²) in [7, 11) is 0. The summed E-state index contributed by atoms with van der Waals surface area (Å²) in [6, 6.07) is 0. The van der Waals surface area contributed by atoms with E-state index in [1.54, 1.807) is 0 Å². The molecule has 3 nitrogen and oxygen atoms in total. The van der Waals surface area contributed by atoms with Gasteiger partial charge in [-0.05, 0) is 25.7 Å². The third-order valence-electron chi connectivity index (χ3n) is 3.38. The molecule has 0 spiro atoms. The van der Waals surface area contributed by atoms with Crippen molar-refractivity contribution >= 4 is 5.97 Å². The molecule has 1 aliphatic carbocycles. The molecule has 0 N–H and O–H groups in total. The van der Waals surface area contributed by atoms with Crippen LogP contribution >= 0.6 is 0 Å². The zero-order valence-corrected chi connectivity index (χ0v) is 11.5. The lowest BCUT2D eigenvalue weighted by Gasteiger charge is -2.28. The number of unbranched alkanes of at least 4 members (excludes halogenated alkanes) is 3. The SMILES string of the molecule is C=CC(=O)OC1CCCC(OCCCCCC)C1. The molecule has 2 atom stereocenters. The van der Waals surface area contributed by atoms with E-state index in [-0.39, 0.29) is 18.2 Å². The molecule has 2 unspecified atom stereocenters. The lowest BCUT2D eigenvalue weighted by atomic mass is 9.95. The van der Waals surface area contributed by atoms with Crippen molar-refractivity contribution in [3.8, 4) is 0 Å². The molecule has 1 rings (SSSR count). The minimum atomic E-state index is -0.316. The summed E-state index contributed by atoms with van der Waals surface area (Å²) in [5.74, 6) is -0.316. The Morgan fingerprint density at radius 1 is 1.28 bits per heavy atom. The highest BCUT2D eigenvalue weighted by Crippen LogP contribution is 2.24. The van der Waals surface area contributed by atoms with Gasteiger partial charge in [-0.15, -0.1) is 0 Å². The van der Waals surface area contributed by atoms with E-state index in [2.05, 4.69) is 13.5 Å². The van der Waals surface area contributed by atoms with Crippen LogP contribution in [0.15, 0.2) is 12.7 Å². The summed E-state index contributed by atoms with van der Waals surface area (Å²) in [6.07, 6.45) is 10.4. The van der Waals surface area contributed by atoms with Gasteiger partial charge in [-0.1, -0.05) is 32.8 Å². The van der Waals surface area contributed by atoms with Gasteiger partial charge in [0.1, 0.15) is 6.10 Å². The molecule has 0 bridgehead atoms. The molecule has 1 aliphatic rings. The second-order valence-electron chi connectivity index (χ2n) is 4.98. The minimum Gasteiger partial charge on any atom is -0.459 e. The quantitative estimate of drug-likeness (QED) is 0.377. The number of carbonyl (C=O) groups excluding carboxylic acids is 1. The average molecular weight is 254 g/mol. The topological polar surface area (TPSA) is 35.5 Å². The smallest absolute Gasteiger partial charge is 0.330 e. The predicted molar refractivity (Wildman–Crippen MR) is 72.4 cm³/mol. The van der Waals surface area contributed by atoms with Gasteiger partial charge in [0.25, 0.3) is 0 Å². The van der Waals surface area contributed by atoms with Crippen molar-refractivity contribution < 1.29 is 14.3 Å². The van der Waals surface area contributed by atoms with Gasteiger partial charge in [-0.25, -0.2) is 4.79 Å². The highest BCUT2D eigenvalue weighted by Gasteiger charge is 2.24. The first-order chi connectivity index (χ1) is 8.76. The first-order valence-electron chi connectivity index (χ1n) is 7.21. The van der Waals surface area contributed by atoms with Crippen LogP contribution in [-0.4, -0.2) is 24.8 Å². The van der Waals surface area contributed by atoms with Crippen molar-refractivity contribution in [2.45, 2.75) is 70.5 Å². The van der Waals surface area contributed by atoms with Gasteiger partial charge in [0.15, 0.2) is 0 Å². The van der Waals surface area contributed by atoms with Crippen molar-refractivity contribution in [3.05, 3.63) is 12.7 Å². The Labute approximate surface area is 111 Å². The van der Waals surface area contributed by atoms with E-state index in [9.17, 15) is 4.79 Å². The van der Waals surface area contributed by atoms with Crippen LogP contribution in [0.5, 0.6) is 0 Å². The van der Waals surface area contributed by atoms with Gasteiger partial charge >= 0.3 is 5.97 Å². The van der Waals surface area contributed by atoms with Crippen LogP contribution in [0.3, 0.4) is 0 Å². The zero-order valence-electron chi connectivity index (χ0n) is 11.5. The molecule has 1 fully saturated rings. The number of esters is 1. The molecule has 104 valence electrons. The molecule has 0 heterocycles. The van der Waals surface area contributed by atoms with E-state index in [0.717, 1.165) is 38.7 Å². The van der Waals surface area contributed by atoms with Gasteiger partial charge in [-0.3, -0.25) is 0 Å². The monoisotopic (exact) mass is 254 g/mol. The van der Waals surface area contributed by atoms with Crippen LogP contribution in [0.4, 0.5) is 0 Å². The maximum absolute atomic E-state index is 11.1. The largest absolute Gasteiger partial charge is 0.459 e. The molecule has 0 amide bonds. The summed E-state index contributed by atoms with van der Waals surface area (Å²) < 4.78 is 11.1.